The van der Waals surface area contributed by atoms with Crippen molar-refractivity contribution in [1.29, 1.82) is 0 Å². The van der Waals surface area contributed by atoms with Gasteiger partial charge in [0, 0.05) is 37.6 Å². The van der Waals surface area contributed by atoms with Crippen LogP contribution in [0, 0.1) is 0 Å². The summed E-state index contributed by atoms with van der Waals surface area (Å²) in [5, 5.41) is 0.618. The van der Waals surface area contributed by atoms with E-state index in [0.29, 0.717) is 10.9 Å². The fourth-order valence-electron chi connectivity index (χ4n) is 2.11. The van der Waals surface area contributed by atoms with E-state index < -0.39 is 0 Å². The number of halogens is 2. The van der Waals surface area contributed by atoms with Crippen molar-refractivity contribution in [3.63, 3.8) is 0 Å². The Morgan fingerprint density at radius 3 is 3.00 bits per heavy atom. The second-order valence-corrected chi connectivity index (χ2v) is 4.90. The number of pyridine rings is 1. The zero-order chi connectivity index (χ0) is 12.5. The van der Waals surface area contributed by atoms with Crippen LogP contribution in [0.4, 0.5) is 5.82 Å². The number of aromatic nitrogens is 3. The zero-order valence-corrected chi connectivity index (χ0v) is 11.2. The Balaban J connectivity index is 1.88. The Labute approximate surface area is 115 Å². The molecule has 0 aromatic carbocycles. The number of hydrogen-bond donors (Lipinski definition) is 0. The van der Waals surface area contributed by atoms with Gasteiger partial charge in [-0.15, -0.1) is 11.6 Å². The van der Waals surface area contributed by atoms with E-state index in [1.165, 1.54) is 0 Å². The highest BCUT2D eigenvalue weighted by atomic mass is 35.5. The summed E-state index contributed by atoms with van der Waals surface area (Å²) in [6.45, 7) is 2.61. The smallest absolute Gasteiger partial charge is 0.129 e. The predicted molar refractivity (Wildman–Crippen MR) is 72.1 cm³/mol. The van der Waals surface area contributed by atoms with Crippen LogP contribution in [0.25, 0.3) is 0 Å². The van der Waals surface area contributed by atoms with Gasteiger partial charge in [0.25, 0.3) is 0 Å². The molecule has 0 radical (unpaired) electrons. The molecule has 6 heteroatoms. The SMILES string of the molecule is ClCc1cc(N2CCn3ccnc3C2)ncc1Cl. The van der Waals surface area contributed by atoms with Crippen LogP contribution < -0.4 is 4.90 Å². The Bertz CT molecular complexity index is 567. The molecule has 0 unspecified atom stereocenters. The molecule has 0 aliphatic carbocycles. The largest absolute Gasteiger partial charge is 0.347 e. The highest BCUT2D eigenvalue weighted by molar-refractivity contribution is 6.32. The van der Waals surface area contributed by atoms with E-state index in [4.69, 9.17) is 23.2 Å². The maximum Gasteiger partial charge on any atom is 0.129 e. The quantitative estimate of drug-likeness (QED) is 0.795. The van der Waals surface area contributed by atoms with E-state index in [9.17, 15) is 0 Å². The maximum atomic E-state index is 6.02. The number of imidazole rings is 1. The van der Waals surface area contributed by atoms with E-state index in [-0.39, 0.29) is 0 Å². The molecule has 1 aliphatic heterocycles. The van der Waals surface area contributed by atoms with Crippen molar-refractivity contribution in [2.75, 3.05) is 11.4 Å². The Morgan fingerprint density at radius 2 is 2.17 bits per heavy atom. The second-order valence-electron chi connectivity index (χ2n) is 4.23. The van der Waals surface area contributed by atoms with Gasteiger partial charge in [-0.3, -0.25) is 0 Å². The number of alkyl halides is 1. The molecular formula is C12H12Cl2N4. The fraction of sp³-hybridized carbons (Fsp3) is 0.333. The molecule has 0 saturated heterocycles. The summed E-state index contributed by atoms with van der Waals surface area (Å²) < 4.78 is 2.16. The van der Waals surface area contributed by atoms with Gasteiger partial charge in [0.15, 0.2) is 0 Å². The van der Waals surface area contributed by atoms with Gasteiger partial charge in [0.2, 0.25) is 0 Å². The molecule has 0 fully saturated rings. The lowest BCUT2D eigenvalue weighted by Gasteiger charge is -2.28. The molecule has 1 aliphatic rings. The number of fused-ring (bicyclic) bond motifs is 1. The molecule has 3 heterocycles. The minimum atomic E-state index is 0.400. The van der Waals surface area contributed by atoms with E-state index in [1.54, 1.807) is 6.20 Å². The minimum Gasteiger partial charge on any atom is -0.347 e. The molecule has 0 spiro atoms. The summed E-state index contributed by atoms with van der Waals surface area (Å²) in [5.74, 6) is 2.37. The molecular weight excluding hydrogens is 271 g/mol. The average Bonchev–Trinajstić information content (AvgIpc) is 2.86. The standard InChI is InChI=1S/C12H12Cl2N4/c13-6-9-5-11(16-7-10(9)14)18-4-3-17-2-1-15-12(17)8-18/h1-2,5,7H,3-4,6,8H2. The Hall–Kier alpha value is -1.26. The third kappa shape index (κ3) is 2.06. The lowest BCUT2D eigenvalue weighted by Crippen LogP contribution is -2.34. The monoisotopic (exact) mass is 282 g/mol. The maximum absolute atomic E-state index is 6.02. The summed E-state index contributed by atoms with van der Waals surface area (Å²) in [5.41, 5.74) is 0.914. The van der Waals surface area contributed by atoms with Crippen LogP contribution in [0.1, 0.15) is 11.4 Å². The van der Waals surface area contributed by atoms with Crippen LogP contribution >= 0.6 is 23.2 Å². The zero-order valence-electron chi connectivity index (χ0n) is 9.68. The summed E-state index contributed by atoms with van der Waals surface area (Å²) in [6.07, 6.45) is 5.50. The van der Waals surface area contributed by atoms with Crippen molar-refractivity contribution < 1.29 is 0 Å². The molecule has 3 rings (SSSR count). The molecule has 2 aromatic heterocycles. The van der Waals surface area contributed by atoms with Crippen LogP contribution in [0.5, 0.6) is 0 Å². The highest BCUT2D eigenvalue weighted by Crippen LogP contribution is 2.24. The molecule has 0 atom stereocenters. The van der Waals surface area contributed by atoms with Gasteiger partial charge in [-0.2, -0.15) is 0 Å². The number of nitrogens with zero attached hydrogens (tertiary/aromatic N) is 4. The normalized spacial score (nSPS) is 14.7. The summed E-state index contributed by atoms with van der Waals surface area (Å²) in [7, 11) is 0. The Kier molecular flexibility index (Phi) is 3.14. The van der Waals surface area contributed by atoms with Crippen molar-refractivity contribution in [2.24, 2.45) is 0 Å². The number of hydrogen-bond acceptors (Lipinski definition) is 3. The van der Waals surface area contributed by atoms with E-state index >= 15 is 0 Å². The van der Waals surface area contributed by atoms with E-state index in [1.807, 2.05) is 18.5 Å². The molecule has 0 amide bonds. The fourth-order valence-corrected chi connectivity index (χ4v) is 2.57. The van der Waals surface area contributed by atoms with E-state index in [0.717, 1.165) is 36.8 Å². The first-order valence-corrected chi connectivity index (χ1v) is 6.64. The summed E-state index contributed by atoms with van der Waals surface area (Å²) in [6, 6.07) is 1.95. The molecule has 0 bridgehead atoms. The first-order valence-electron chi connectivity index (χ1n) is 5.73. The molecule has 4 nitrogen and oxygen atoms in total. The lowest BCUT2D eigenvalue weighted by atomic mass is 10.2. The molecule has 18 heavy (non-hydrogen) atoms. The summed E-state index contributed by atoms with van der Waals surface area (Å²) >= 11 is 11.9. The molecule has 2 aromatic rings. The van der Waals surface area contributed by atoms with Gasteiger partial charge in [0.1, 0.15) is 11.6 Å². The van der Waals surface area contributed by atoms with Gasteiger partial charge in [0.05, 0.1) is 11.6 Å². The molecule has 0 saturated carbocycles. The average molecular weight is 283 g/mol. The first-order chi connectivity index (χ1) is 8.78. The Morgan fingerprint density at radius 1 is 1.28 bits per heavy atom. The van der Waals surface area contributed by atoms with E-state index in [2.05, 4.69) is 19.4 Å². The van der Waals surface area contributed by atoms with Crippen molar-refractivity contribution in [3.8, 4) is 0 Å². The van der Waals surface area contributed by atoms with Crippen molar-refractivity contribution in [2.45, 2.75) is 19.0 Å². The van der Waals surface area contributed by atoms with Crippen LogP contribution in [-0.4, -0.2) is 21.1 Å². The topological polar surface area (TPSA) is 34.0 Å². The lowest BCUT2D eigenvalue weighted by molar-refractivity contribution is 0.556. The predicted octanol–water partition coefficient (Wildman–Crippen LogP) is 2.69. The van der Waals surface area contributed by atoms with Gasteiger partial charge in [-0.1, -0.05) is 11.6 Å². The third-order valence-electron chi connectivity index (χ3n) is 3.13. The van der Waals surface area contributed by atoms with Gasteiger partial charge in [-0.25, -0.2) is 9.97 Å². The van der Waals surface area contributed by atoms with Gasteiger partial charge < -0.3 is 9.47 Å². The minimum absolute atomic E-state index is 0.400. The molecule has 94 valence electrons. The first kappa shape index (κ1) is 11.8. The third-order valence-corrected chi connectivity index (χ3v) is 3.76. The van der Waals surface area contributed by atoms with Crippen molar-refractivity contribution in [3.05, 3.63) is 41.1 Å². The van der Waals surface area contributed by atoms with Crippen molar-refractivity contribution >= 4 is 29.0 Å². The van der Waals surface area contributed by atoms with Crippen LogP contribution in [0.2, 0.25) is 5.02 Å². The summed E-state index contributed by atoms with van der Waals surface area (Å²) in [4.78, 5) is 10.9. The van der Waals surface area contributed by atoms with Gasteiger partial charge >= 0.3 is 0 Å². The molecule has 0 N–H and O–H groups in total. The van der Waals surface area contributed by atoms with Gasteiger partial charge in [-0.05, 0) is 11.6 Å². The second kappa shape index (κ2) is 4.78. The van der Waals surface area contributed by atoms with Crippen LogP contribution in [-0.2, 0) is 19.0 Å². The van der Waals surface area contributed by atoms with Crippen molar-refractivity contribution in [1.82, 2.24) is 14.5 Å². The highest BCUT2D eigenvalue weighted by Gasteiger charge is 2.18. The van der Waals surface area contributed by atoms with Crippen LogP contribution in [0.3, 0.4) is 0 Å². The number of anilines is 1. The number of rotatable bonds is 2. The van der Waals surface area contributed by atoms with Crippen LogP contribution in [0.15, 0.2) is 24.7 Å².